The summed E-state index contributed by atoms with van der Waals surface area (Å²) in [6.45, 7) is 10.2. The number of benzene rings is 1. The fourth-order valence-electron chi connectivity index (χ4n) is 2.89. The Labute approximate surface area is 155 Å². The summed E-state index contributed by atoms with van der Waals surface area (Å²) in [5.74, 6) is 0.791. The van der Waals surface area contributed by atoms with Crippen LogP contribution in [0.4, 0.5) is 0 Å². The number of nitrogens with zero attached hydrogens (tertiary/aromatic N) is 1. The molecule has 26 heavy (non-hydrogen) atoms. The summed E-state index contributed by atoms with van der Waals surface area (Å²) >= 11 is 0. The maximum absolute atomic E-state index is 12.1. The largest absolute Gasteiger partial charge is 0.494 e. The number of rotatable bonds is 9. The predicted octanol–water partition coefficient (Wildman–Crippen LogP) is 2.28. The quantitative estimate of drug-likeness (QED) is 0.539. The lowest BCUT2D eigenvalue weighted by Gasteiger charge is -2.40. The van der Waals surface area contributed by atoms with Crippen molar-refractivity contribution in [2.45, 2.75) is 39.2 Å². The molecule has 1 amide bonds. The Bertz CT molecular complexity index is 592. The smallest absolute Gasteiger partial charge is 0.220 e. The van der Waals surface area contributed by atoms with Gasteiger partial charge in [-0.15, -0.1) is 0 Å². The van der Waals surface area contributed by atoms with Gasteiger partial charge in [-0.3, -0.25) is 14.5 Å². The molecule has 1 aromatic carbocycles. The molecule has 0 aromatic heterocycles. The number of hydrogen-bond donors (Lipinski definition) is 1. The third-order valence-electron chi connectivity index (χ3n) is 4.66. The summed E-state index contributed by atoms with van der Waals surface area (Å²) in [5.41, 5.74) is 0.591. The van der Waals surface area contributed by atoms with E-state index >= 15 is 0 Å². The van der Waals surface area contributed by atoms with Gasteiger partial charge in [0, 0.05) is 37.2 Å². The standard InChI is InChI=1S/C20H30N2O4/c1-16(23)17-6-8-18(9-7-17)26-12-4-5-19(24)21-15-20(2,3)22-10-13-25-14-11-22/h6-9H,4-5,10-15H2,1-3H3,(H,21,24). The zero-order valence-electron chi connectivity index (χ0n) is 16.0. The van der Waals surface area contributed by atoms with Gasteiger partial charge in [-0.25, -0.2) is 0 Å². The van der Waals surface area contributed by atoms with Gasteiger partial charge in [-0.05, 0) is 51.5 Å². The van der Waals surface area contributed by atoms with E-state index in [2.05, 4.69) is 24.1 Å². The number of carbonyl (C=O) groups is 2. The fraction of sp³-hybridized carbons (Fsp3) is 0.600. The molecule has 6 heteroatoms. The molecule has 0 aliphatic carbocycles. The van der Waals surface area contributed by atoms with Gasteiger partial charge in [-0.2, -0.15) is 0 Å². The Morgan fingerprint density at radius 2 is 1.85 bits per heavy atom. The summed E-state index contributed by atoms with van der Waals surface area (Å²) in [7, 11) is 0. The van der Waals surface area contributed by atoms with Gasteiger partial charge in [0.25, 0.3) is 0 Å². The van der Waals surface area contributed by atoms with Gasteiger partial charge in [0.2, 0.25) is 5.91 Å². The van der Waals surface area contributed by atoms with Gasteiger partial charge >= 0.3 is 0 Å². The first kappa shape index (κ1) is 20.4. The minimum Gasteiger partial charge on any atom is -0.494 e. The van der Waals surface area contributed by atoms with E-state index in [0.717, 1.165) is 26.3 Å². The van der Waals surface area contributed by atoms with E-state index in [1.807, 2.05) is 0 Å². The van der Waals surface area contributed by atoms with Gasteiger partial charge < -0.3 is 14.8 Å². The van der Waals surface area contributed by atoms with E-state index in [1.54, 1.807) is 24.3 Å². The maximum Gasteiger partial charge on any atom is 0.220 e. The summed E-state index contributed by atoms with van der Waals surface area (Å²) in [6.07, 6.45) is 1.09. The highest BCUT2D eigenvalue weighted by Crippen LogP contribution is 2.15. The molecule has 0 radical (unpaired) electrons. The molecule has 0 saturated carbocycles. The van der Waals surface area contributed by atoms with Crippen LogP contribution < -0.4 is 10.1 Å². The number of Topliss-reactive ketones (excluding diaryl/α,β-unsaturated/α-hetero) is 1. The van der Waals surface area contributed by atoms with Crippen LogP contribution in [-0.2, 0) is 9.53 Å². The van der Waals surface area contributed by atoms with E-state index in [1.165, 1.54) is 6.92 Å². The van der Waals surface area contributed by atoms with Crippen molar-refractivity contribution in [3.05, 3.63) is 29.8 Å². The molecule has 6 nitrogen and oxygen atoms in total. The molecule has 0 bridgehead atoms. The van der Waals surface area contributed by atoms with Crippen LogP contribution >= 0.6 is 0 Å². The number of ether oxygens (including phenoxy) is 2. The lowest BCUT2D eigenvalue weighted by atomic mass is 10.0. The summed E-state index contributed by atoms with van der Waals surface area (Å²) in [4.78, 5) is 25.6. The minimum atomic E-state index is -0.0750. The SMILES string of the molecule is CC(=O)c1ccc(OCCCC(=O)NCC(C)(C)N2CCOCC2)cc1. The van der Waals surface area contributed by atoms with Crippen LogP contribution in [0.15, 0.2) is 24.3 Å². The lowest BCUT2D eigenvalue weighted by Crippen LogP contribution is -2.55. The van der Waals surface area contributed by atoms with E-state index in [4.69, 9.17) is 9.47 Å². The van der Waals surface area contributed by atoms with Crippen LogP contribution in [-0.4, -0.2) is 61.6 Å². The highest BCUT2D eigenvalue weighted by Gasteiger charge is 2.28. The second-order valence-corrected chi connectivity index (χ2v) is 7.22. The second-order valence-electron chi connectivity index (χ2n) is 7.22. The molecular formula is C20H30N2O4. The van der Waals surface area contributed by atoms with Crippen molar-refractivity contribution in [1.29, 1.82) is 0 Å². The fourth-order valence-corrected chi connectivity index (χ4v) is 2.89. The van der Waals surface area contributed by atoms with E-state index in [-0.39, 0.29) is 17.2 Å². The van der Waals surface area contributed by atoms with Gasteiger partial charge in [0.1, 0.15) is 5.75 Å². The molecule has 0 atom stereocenters. The highest BCUT2D eigenvalue weighted by atomic mass is 16.5. The second kappa shape index (κ2) is 9.69. The molecule has 0 spiro atoms. The molecule has 144 valence electrons. The third-order valence-corrected chi connectivity index (χ3v) is 4.66. The highest BCUT2D eigenvalue weighted by molar-refractivity contribution is 5.94. The van der Waals surface area contributed by atoms with Crippen molar-refractivity contribution >= 4 is 11.7 Å². The Balaban J connectivity index is 1.63. The van der Waals surface area contributed by atoms with E-state index in [0.29, 0.717) is 37.3 Å². The van der Waals surface area contributed by atoms with Crippen LogP contribution in [0.1, 0.15) is 44.0 Å². The summed E-state index contributed by atoms with van der Waals surface area (Å²) in [5, 5.41) is 3.02. The van der Waals surface area contributed by atoms with E-state index < -0.39 is 0 Å². The Kier molecular flexibility index (Phi) is 7.60. The molecule has 1 aromatic rings. The van der Waals surface area contributed by atoms with E-state index in [9.17, 15) is 9.59 Å². The van der Waals surface area contributed by atoms with Crippen molar-refractivity contribution in [2.75, 3.05) is 39.5 Å². The minimum absolute atomic E-state index is 0.0354. The monoisotopic (exact) mass is 362 g/mol. The first-order valence-electron chi connectivity index (χ1n) is 9.22. The molecule has 1 aliphatic rings. The molecule has 1 aliphatic heterocycles. The molecule has 1 fully saturated rings. The zero-order chi connectivity index (χ0) is 19.0. The van der Waals surface area contributed by atoms with Crippen LogP contribution in [0.2, 0.25) is 0 Å². The van der Waals surface area contributed by atoms with Crippen LogP contribution in [0, 0.1) is 0 Å². The number of hydrogen-bond acceptors (Lipinski definition) is 5. The zero-order valence-corrected chi connectivity index (χ0v) is 16.0. The molecule has 1 saturated heterocycles. The van der Waals surface area contributed by atoms with Crippen molar-refractivity contribution in [1.82, 2.24) is 10.2 Å². The van der Waals surface area contributed by atoms with Crippen LogP contribution in [0.3, 0.4) is 0 Å². The lowest BCUT2D eigenvalue weighted by molar-refractivity contribution is -0.122. The molecule has 0 unspecified atom stereocenters. The number of amides is 1. The van der Waals surface area contributed by atoms with Crippen LogP contribution in [0.25, 0.3) is 0 Å². The number of morpholine rings is 1. The Morgan fingerprint density at radius 1 is 1.19 bits per heavy atom. The van der Waals surface area contributed by atoms with Gasteiger partial charge in [0.05, 0.1) is 19.8 Å². The average Bonchev–Trinajstić information content (AvgIpc) is 2.65. The van der Waals surface area contributed by atoms with Gasteiger partial charge in [-0.1, -0.05) is 0 Å². The predicted molar refractivity (Wildman–Crippen MR) is 101 cm³/mol. The molecule has 2 rings (SSSR count). The topological polar surface area (TPSA) is 67.9 Å². The van der Waals surface area contributed by atoms with Crippen molar-refractivity contribution < 1.29 is 19.1 Å². The molecule has 1 heterocycles. The normalized spacial score (nSPS) is 15.5. The Hall–Kier alpha value is -1.92. The Morgan fingerprint density at radius 3 is 2.46 bits per heavy atom. The third kappa shape index (κ3) is 6.42. The summed E-state index contributed by atoms with van der Waals surface area (Å²) < 4.78 is 11.0. The maximum atomic E-state index is 12.1. The number of nitrogens with one attached hydrogen (secondary N) is 1. The van der Waals surface area contributed by atoms with Gasteiger partial charge in [0.15, 0.2) is 5.78 Å². The molecular weight excluding hydrogens is 332 g/mol. The first-order chi connectivity index (χ1) is 12.4. The summed E-state index contributed by atoms with van der Waals surface area (Å²) in [6, 6.07) is 7.06. The number of carbonyl (C=O) groups excluding carboxylic acids is 2. The van der Waals surface area contributed by atoms with Crippen LogP contribution in [0.5, 0.6) is 5.75 Å². The van der Waals surface area contributed by atoms with Crippen molar-refractivity contribution in [3.8, 4) is 5.75 Å². The number of ketones is 1. The first-order valence-corrected chi connectivity index (χ1v) is 9.22. The molecule has 1 N–H and O–H groups in total. The average molecular weight is 362 g/mol. The van der Waals surface area contributed by atoms with Crippen molar-refractivity contribution in [2.24, 2.45) is 0 Å². The van der Waals surface area contributed by atoms with Crippen molar-refractivity contribution in [3.63, 3.8) is 0 Å².